The monoisotopic (exact) mass is 487 g/mol. The van der Waals surface area contributed by atoms with Crippen molar-refractivity contribution in [1.82, 2.24) is 10.3 Å². The molecule has 0 radical (unpaired) electrons. The number of carbonyl (C=O) groups is 2. The van der Waals surface area contributed by atoms with Gasteiger partial charge in [0.05, 0.1) is 28.9 Å². The molecule has 7 nitrogen and oxygen atoms in total. The van der Waals surface area contributed by atoms with Crippen LogP contribution in [0.5, 0.6) is 0 Å². The fraction of sp³-hybridized carbons (Fsp3) is 0.320. The summed E-state index contributed by atoms with van der Waals surface area (Å²) < 4.78 is 49.5. The summed E-state index contributed by atoms with van der Waals surface area (Å²) in [4.78, 5) is 30.2. The van der Waals surface area contributed by atoms with Gasteiger partial charge in [0, 0.05) is 11.8 Å². The van der Waals surface area contributed by atoms with Crippen LogP contribution in [0.15, 0.2) is 60.8 Å². The van der Waals surface area contributed by atoms with E-state index < -0.39 is 48.1 Å². The highest BCUT2D eigenvalue weighted by Crippen LogP contribution is 2.29. The van der Waals surface area contributed by atoms with E-state index in [9.17, 15) is 22.8 Å². The molecule has 1 aliphatic rings. The van der Waals surface area contributed by atoms with Crippen molar-refractivity contribution in [2.75, 3.05) is 5.32 Å². The van der Waals surface area contributed by atoms with Gasteiger partial charge in [-0.3, -0.25) is 14.6 Å². The Balaban J connectivity index is 1.52. The van der Waals surface area contributed by atoms with Gasteiger partial charge < -0.3 is 20.1 Å². The topological polar surface area (TPSA) is 89.5 Å². The minimum absolute atomic E-state index is 0.0216. The van der Waals surface area contributed by atoms with E-state index >= 15 is 0 Å². The number of amides is 2. The fourth-order valence-electron chi connectivity index (χ4n) is 3.69. The lowest BCUT2D eigenvalue weighted by molar-refractivity contribution is -0.386. The van der Waals surface area contributed by atoms with Crippen LogP contribution in [0.1, 0.15) is 25.0 Å². The molecule has 1 fully saturated rings. The largest absolute Gasteiger partial charge is 0.416 e. The highest BCUT2D eigenvalue weighted by Gasteiger charge is 2.37. The zero-order valence-corrected chi connectivity index (χ0v) is 19.0. The number of benzene rings is 2. The molecule has 2 amide bonds. The van der Waals surface area contributed by atoms with Crippen LogP contribution in [0.4, 0.5) is 18.9 Å². The number of rotatable bonds is 7. The number of hydrogen-bond donors (Lipinski definition) is 2. The highest BCUT2D eigenvalue weighted by atomic mass is 19.4. The van der Waals surface area contributed by atoms with Gasteiger partial charge >= 0.3 is 6.18 Å². The lowest BCUT2D eigenvalue weighted by Gasteiger charge is -2.37. The van der Waals surface area contributed by atoms with Crippen molar-refractivity contribution in [2.24, 2.45) is 5.92 Å². The molecule has 2 N–H and O–H groups in total. The average molecular weight is 487 g/mol. The van der Waals surface area contributed by atoms with Crippen LogP contribution in [-0.4, -0.2) is 35.4 Å². The number of pyridine rings is 1. The molecule has 2 atom stereocenters. The molecular weight excluding hydrogens is 463 g/mol. The van der Waals surface area contributed by atoms with E-state index in [-0.39, 0.29) is 6.42 Å². The number of nitrogens with one attached hydrogen (secondary N) is 2. The van der Waals surface area contributed by atoms with Gasteiger partial charge in [-0.1, -0.05) is 30.3 Å². The Labute approximate surface area is 199 Å². The maximum absolute atomic E-state index is 13.1. The zero-order chi connectivity index (χ0) is 25.2. The van der Waals surface area contributed by atoms with Crippen molar-refractivity contribution in [3.05, 3.63) is 71.9 Å². The number of ether oxygens (including phenoxy) is 2. The Morgan fingerprint density at radius 2 is 1.74 bits per heavy atom. The van der Waals surface area contributed by atoms with E-state index in [0.29, 0.717) is 11.3 Å². The highest BCUT2D eigenvalue weighted by molar-refractivity contribution is 5.98. The molecule has 2 heterocycles. The Bertz CT molecular complexity index is 1210. The van der Waals surface area contributed by atoms with E-state index in [0.717, 1.165) is 23.0 Å². The average Bonchev–Trinajstić information content (AvgIpc) is 2.80. The van der Waals surface area contributed by atoms with Gasteiger partial charge in [-0.15, -0.1) is 0 Å². The standard InChI is InChI=1S/C25H24F3N3O4/c1-14(24-34-15(2)35-24)22(32)31-21(11-16-7-9-18(10-8-16)25(26,27)28)23(33)30-19-12-17-5-3-4-6-20(17)29-13-19/h3-10,12-15,21,24H,11H2,1-2H3,(H,30,33)(H,31,32)/t14?,15?,21-,24?/m0/s1. The number of nitrogens with zero attached hydrogens (tertiary/aromatic N) is 1. The fourth-order valence-corrected chi connectivity index (χ4v) is 3.69. The van der Waals surface area contributed by atoms with Crippen molar-refractivity contribution in [2.45, 2.75) is 45.1 Å². The number of halogens is 3. The summed E-state index contributed by atoms with van der Waals surface area (Å²) >= 11 is 0. The lowest BCUT2D eigenvalue weighted by atomic mass is 10.0. The molecule has 35 heavy (non-hydrogen) atoms. The molecule has 1 saturated heterocycles. The van der Waals surface area contributed by atoms with Gasteiger partial charge in [0.25, 0.3) is 0 Å². The SMILES string of the molecule is CC1OC(C(C)C(=O)N[C@@H](Cc2ccc(C(F)(F)F)cc2)C(=O)Nc2cnc3ccccc3c2)O1. The first-order valence-electron chi connectivity index (χ1n) is 11.0. The third kappa shape index (κ3) is 5.95. The second kappa shape index (κ2) is 10.0. The summed E-state index contributed by atoms with van der Waals surface area (Å²) in [7, 11) is 0. The Kier molecular flexibility index (Phi) is 7.04. The van der Waals surface area contributed by atoms with E-state index in [2.05, 4.69) is 15.6 Å². The molecular formula is C25H24F3N3O4. The maximum atomic E-state index is 13.1. The molecule has 0 spiro atoms. The zero-order valence-electron chi connectivity index (χ0n) is 19.0. The molecule has 0 aliphatic carbocycles. The summed E-state index contributed by atoms with van der Waals surface area (Å²) in [5.41, 5.74) is 0.833. The minimum Gasteiger partial charge on any atom is -0.344 e. The van der Waals surface area contributed by atoms with Gasteiger partial charge in [-0.25, -0.2) is 0 Å². The first-order chi connectivity index (χ1) is 16.6. The van der Waals surface area contributed by atoms with E-state index in [1.807, 2.05) is 24.3 Å². The molecule has 3 aromatic rings. The molecule has 1 unspecified atom stereocenters. The number of alkyl halides is 3. The summed E-state index contributed by atoms with van der Waals surface area (Å²) in [6.45, 7) is 3.30. The van der Waals surface area contributed by atoms with Gasteiger partial charge in [-0.2, -0.15) is 13.2 Å². The van der Waals surface area contributed by atoms with Crippen molar-refractivity contribution >= 4 is 28.4 Å². The predicted octanol–water partition coefficient (Wildman–Crippen LogP) is 4.27. The first-order valence-corrected chi connectivity index (χ1v) is 11.0. The van der Waals surface area contributed by atoms with Gasteiger partial charge in [-0.05, 0) is 43.7 Å². The Morgan fingerprint density at radius 3 is 2.40 bits per heavy atom. The molecule has 2 aromatic carbocycles. The number of fused-ring (bicyclic) bond motifs is 1. The van der Waals surface area contributed by atoms with Crippen LogP contribution in [0.2, 0.25) is 0 Å². The number of anilines is 1. The van der Waals surface area contributed by atoms with Crippen LogP contribution in [0.25, 0.3) is 10.9 Å². The summed E-state index contributed by atoms with van der Waals surface area (Å²) in [5.74, 6) is -1.71. The van der Waals surface area contributed by atoms with Gasteiger partial charge in [0.1, 0.15) is 6.04 Å². The van der Waals surface area contributed by atoms with Crippen LogP contribution >= 0.6 is 0 Å². The first kappa shape index (κ1) is 24.6. The predicted molar refractivity (Wildman–Crippen MR) is 122 cm³/mol. The van der Waals surface area contributed by atoms with E-state index in [4.69, 9.17) is 9.47 Å². The molecule has 1 aliphatic heterocycles. The Morgan fingerprint density at radius 1 is 1.06 bits per heavy atom. The lowest BCUT2D eigenvalue weighted by Crippen LogP contribution is -2.52. The van der Waals surface area contributed by atoms with Crippen LogP contribution in [0, 0.1) is 5.92 Å². The number of aromatic nitrogens is 1. The van der Waals surface area contributed by atoms with Crippen molar-refractivity contribution in [1.29, 1.82) is 0 Å². The minimum atomic E-state index is -4.47. The molecule has 0 saturated carbocycles. The second-order valence-electron chi connectivity index (χ2n) is 8.36. The molecule has 1 aromatic heterocycles. The van der Waals surface area contributed by atoms with Crippen molar-refractivity contribution < 1.29 is 32.2 Å². The third-order valence-corrected chi connectivity index (χ3v) is 5.69. The molecule has 184 valence electrons. The molecule has 10 heteroatoms. The van der Waals surface area contributed by atoms with Gasteiger partial charge in [0.2, 0.25) is 11.8 Å². The number of para-hydroxylation sites is 1. The smallest absolute Gasteiger partial charge is 0.344 e. The van der Waals surface area contributed by atoms with Crippen LogP contribution in [0.3, 0.4) is 0 Å². The molecule has 0 bridgehead atoms. The number of carbonyl (C=O) groups excluding carboxylic acids is 2. The quantitative estimate of drug-likeness (QED) is 0.520. The van der Waals surface area contributed by atoms with E-state index in [1.165, 1.54) is 18.3 Å². The summed E-state index contributed by atoms with van der Waals surface area (Å²) in [6.07, 6.45) is -4.14. The number of hydrogen-bond acceptors (Lipinski definition) is 5. The van der Waals surface area contributed by atoms with Crippen molar-refractivity contribution in [3.63, 3.8) is 0 Å². The van der Waals surface area contributed by atoms with Gasteiger partial charge in [0.15, 0.2) is 12.6 Å². The second-order valence-corrected chi connectivity index (χ2v) is 8.36. The normalized spacial score (nSPS) is 19.5. The third-order valence-electron chi connectivity index (χ3n) is 5.69. The Hall–Kier alpha value is -3.50. The van der Waals surface area contributed by atoms with Crippen molar-refractivity contribution in [3.8, 4) is 0 Å². The van der Waals surface area contributed by atoms with Crippen LogP contribution < -0.4 is 10.6 Å². The van der Waals surface area contributed by atoms with E-state index in [1.54, 1.807) is 19.9 Å². The summed E-state index contributed by atoms with van der Waals surface area (Å²) in [6, 6.07) is 12.5. The maximum Gasteiger partial charge on any atom is 0.416 e. The van der Waals surface area contributed by atoms with Crippen LogP contribution in [-0.2, 0) is 31.7 Å². The molecule has 4 rings (SSSR count). The summed E-state index contributed by atoms with van der Waals surface area (Å²) in [5, 5.41) is 6.23.